The number of aromatic nitrogens is 4. The first-order chi connectivity index (χ1) is 23.5. The van der Waals surface area contributed by atoms with Crippen LogP contribution in [0.4, 0.5) is 5.82 Å². The molecule has 0 aromatic carbocycles. The molecule has 3 fully saturated rings. The van der Waals surface area contributed by atoms with Gasteiger partial charge in [0.25, 0.3) is 0 Å². The molecule has 0 unspecified atom stereocenters. The number of nitrogen functional groups attached to an aromatic ring is 1. The van der Waals surface area contributed by atoms with E-state index in [0.717, 1.165) is 38.5 Å². The summed E-state index contributed by atoms with van der Waals surface area (Å²) in [4.78, 5) is 12.3. The third-order valence-corrected chi connectivity index (χ3v) is 9.61. The van der Waals surface area contributed by atoms with Gasteiger partial charge in [-0.15, -0.1) is 0 Å². The van der Waals surface area contributed by atoms with Crippen LogP contribution in [-0.2, 0) is 23.7 Å². The van der Waals surface area contributed by atoms with E-state index in [0.29, 0.717) is 24.4 Å². The molecule has 0 radical (unpaired) electrons. The lowest BCUT2D eigenvalue weighted by molar-refractivity contribution is -0.292. The standard InChI is InChI=1S/C30H53N9O10/c31-10-16-22(42)26(18(34)30(48-16)49-25-15(33)9-14(32)20(40)23(25)43)46-8-6-4-2-1-3-5-7-45-11-17-21(41)24(44)29(47-17)39-13-38-19-27(35)36-12-37-28(19)39/h12-18,20-26,29-30,40-44H,1-11,31-34H2,(H2,35,36,37)/t14-,15+,16+,17+,18+,20+,21+,22+,23-,24+,25-,26+,29+,30-/m0/s1. The van der Waals surface area contributed by atoms with Gasteiger partial charge in [-0.2, -0.15) is 0 Å². The van der Waals surface area contributed by atoms with Crippen LogP contribution in [0.25, 0.3) is 11.2 Å². The summed E-state index contributed by atoms with van der Waals surface area (Å²) >= 11 is 0. The highest BCUT2D eigenvalue weighted by atomic mass is 16.7. The molecule has 19 nitrogen and oxygen atoms in total. The number of rotatable bonds is 16. The molecule has 0 spiro atoms. The van der Waals surface area contributed by atoms with Crippen molar-refractivity contribution in [3.05, 3.63) is 12.7 Å². The molecule has 2 aliphatic heterocycles. The summed E-state index contributed by atoms with van der Waals surface area (Å²) in [5.74, 6) is 0.211. The lowest BCUT2D eigenvalue weighted by atomic mass is 9.84. The largest absolute Gasteiger partial charge is 0.389 e. The first-order valence-electron chi connectivity index (χ1n) is 17.0. The van der Waals surface area contributed by atoms with Crippen LogP contribution in [0, 0.1) is 0 Å². The number of aliphatic hydroxyl groups excluding tert-OH is 5. The molecule has 278 valence electrons. The van der Waals surface area contributed by atoms with E-state index in [4.69, 9.17) is 52.4 Å². The maximum absolute atomic E-state index is 10.8. The van der Waals surface area contributed by atoms with E-state index in [1.165, 1.54) is 17.2 Å². The van der Waals surface area contributed by atoms with Crippen molar-refractivity contribution in [2.24, 2.45) is 22.9 Å². The van der Waals surface area contributed by atoms with Crippen LogP contribution in [0.5, 0.6) is 0 Å². The van der Waals surface area contributed by atoms with E-state index >= 15 is 0 Å². The molecule has 14 atom stereocenters. The molecule has 0 amide bonds. The Kier molecular flexibility index (Phi) is 13.5. The Hall–Kier alpha value is -2.21. The van der Waals surface area contributed by atoms with Gasteiger partial charge < -0.3 is 77.9 Å². The van der Waals surface area contributed by atoms with Gasteiger partial charge >= 0.3 is 0 Å². The van der Waals surface area contributed by atoms with Gasteiger partial charge in [-0.25, -0.2) is 15.0 Å². The summed E-state index contributed by atoms with van der Waals surface area (Å²) in [7, 11) is 0. The molecule has 3 aliphatic rings. The Labute approximate surface area is 284 Å². The highest BCUT2D eigenvalue weighted by Gasteiger charge is 2.49. The van der Waals surface area contributed by atoms with Crippen molar-refractivity contribution in [2.45, 2.75) is 131 Å². The van der Waals surface area contributed by atoms with E-state index in [9.17, 15) is 25.5 Å². The van der Waals surface area contributed by atoms with Crippen molar-refractivity contribution in [2.75, 3.05) is 32.1 Å². The van der Waals surface area contributed by atoms with Crippen LogP contribution in [0.15, 0.2) is 12.7 Å². The lowest BCUT2D eigenvalue weighted by Gasteiger charge is -2.46. The maximum atomic E-state index is 10.8. The maximum Gasteiger partial charge on any atom is 0.176 e. The first kappa shape index (κ1) is 38.0. The third kappa shape index (κ3) is 8.64. The van der Waals surface area contributed by atoms with Crippen LogP contribution in [0.2, 0.25) is 0 Å². The summed E-state index contributed by atoms with van der Waals surface area (Å²) in [6.07, 6.45) is -2.88. The Balaban J connectivity index is 0.953. The van der Waals surface area contributed by atoms with Gasteiger partial charge in [0, 0.05) is 31.8 Å². The second kappa shape index (κ2) is 17.3. The fourth-order valence-corrected chi connectivity index (χ4v) is 6.68. The molecule has 15 N–H and O–H groups in total. The molecular formula is C30H53N9O10. The molecule has 2 aromatic heterocycles. The van der Waals surface area contributed by atoms with E-state index in [1.807, 2.05) is 0 Å². The zero-order valence-electron chi connectivity index (χ0n) is 27.5. The Morgan fingerprint density at radius 1 is 0.776 bits per heavy atom. The van der Waals surface area contributed by atoms with E-state index in [1.54, 1.807) is 0 Å². The quantitative estimate of drug-likeness (QED) is 0.0754. The highest BCUT2D eigenvalue weighted by Crippen LogP contribution is 2.32. The number of fused-ring (bicyclic) bond motifs is 1. The van der Waals surface area contributed by atoms with E-state index < -0.39 is 85.6 Å². The fraction of sp³-hybridized carbons (Fsp3) is 0.833. The number of hydrogen-bond donors (Lipinski definition) is 10. The number of imidazole rings is 1. The molecular weight excluding hydrogens is 646 g/mol. The predicted octanol–water partition coefficient (Wildman–Crippen LogP) is -3.69. The zero-order chi connectivity index (χ0) is 35.2. The summed E-state index contributed by atoms with van der Waals surface area (Å²) in [5, 5.41) is 52.6. The minimum absolute atomic E-state index is 0.00446. The number of unbranched alkanes of at least 4 members (excludes halogenated alkanes) is 5. The predicted molar refractivity (Wildman–Crippen MR) is 173 cm³/mol. The van der Waals surface area contributed by atoms with Crippen molar-refractivity contribution in [3.8, 4) is 0 Å². The second-order valence-corrected chi connectivity index (χ2v) is 13.2. The number of nitrogens with two attached hydrogens (primary N) is 5. The molecule has 4 heterocycles. The van der Waals surface area contributed by atoms with Gasteiger partial charge in [0.15, 0.2) is 24.0 Å². The van der Waals surface area contributed by atoms with Crippen molar-refractivity contribution >= 4 is 17.0 Å². The smallest absolute Gasteiger partial charge is 0.176 e. The minimum Gasteiger partial charge on any atom is -0.389 e. The monoisotopic (exact) mass is 699 g/mol. The molecule has 2 aromatic rings. The van der Waals surface area contributed by atoms with E-state index in [-0.39, 0.29) is 25.4 Å². The van der Waals surface area contributed by atoms with Gasteiger partial charge in [-0.05, 0) is 19.3 Å². The van der Waals surface area contributed by atoms with Crippen LogP contribution < -0.4 is 28.7 Å². The van der Waals surface area contributed by atoms with Gasteiger partial charge in [0.2, 0.25) is 0 Å². The van der Waals surface area contributed by atoms with Gasteiger partial charge in [0.05, 0.1) is 25.1 Å². The molecule has 2 saturated heterocycles. The summed E-state index contributed by atoms with van der Waals surface area (Å²) in [6, 6.07) is -2.23. The average Bonchev–Trinajstić information content (AvgIpc) is 3.64. The summed E-state index contributed by atoms with van der Waals surface area (Å²) in [5.41, 5.74) is 30.8. The van der Waals surface area contributed by atoms with Crippen LogP contribution in [0.3, 0.4) is 0 Å². The topological polar surface area (TPSA) is 321 Å². The lowest BCUT2D eigenvalue weighted by Crippen LogP contribution is -2.67. The zero-order valence-corrected chi connectivity index (χ0v) is 27.5. The van der Waals surface area contributed by atoms with Crippen LogP contribution in [-0.4, -0.2) is 151 Å². The summed E-state index contributed by atoms with van der Waals surface area (Å²) in [6.45, 7) is 0.952. The number of ether oxygens (including phenoxy) is 5. The Morgan fingerprint density at radius 2 is 1.49 bits per heavy atom. The van der Waals surface area contributed by atoms with Crippen LogP contribution >= 0.6 is 0 Å². The average molecular weight is 700 g/mol. The second-order valence-electron chi connectivity index (χ2n) is 13.2. The molecule has 1 saturated carbocycles. The SMILES string of the molecule is NC[C@H]1O[C@@H](O[C@@H]2[C@@H](O)[C@H](O)[C@@H](N)C[C@H]2N)[C@H](N)[C@@H](OCCCCCCCCOC[C@H]2O[C@@H](n3cnc4c(N)ncnc43)[C@H](O)[C@@H]2O)[C@@H]1O. The van der Waals surface area contributed by atoms with Gasteiger partial charge in [0.1, 0.15) is 60.7 Å². The van der Waals surface area contributed by atoms with Gasteiger partial charge in [-0.1, -0.05) is 25.7 Å². The summed E-state index contributed by atoms with van der Waals surface area (Å²) < 4.78 is 30.9. The third-order valence-electron chi connectivity index (χ3n) is 9.61. The van der Waals surface area contributed by atoms with E-state index in [2.05, 4.69) is 15.0 Å². The van der Waals surface area contributed by atoms with Crippen molar-refractivity contribution < 1.29 is 49.2 Å². The van der Waals surface area contributed by atoms with Crippen molar-refractivity contribution in [3.63, 3.8) is 0 Å². The Bertz CT molecular complexity index is 1310. The Morgan fingerprint density at radius 3 is 2.22 bits per heavy atom. The number of nitrogens with zero attached hydrogens (tertiary/aromatic N) is 4. The normalized spacial score (nSPS) is 38.4. The molecule has 49 heavy (non-hydrogen) atoms. The highest BCUT2D eigenvalue weighted by molar-refractivity contribution is 5.81. The van der Waals surface area contributed by atoms with Gasteiger partial charge in [-0.3, -0.25) is 4.57 Å². The van der Waals surface area contributed by atoms with Crippen LogP contribution in [0.1, 0.15) is 51.2 Å². The van der Waals surface area contributed by atoms with Crippen molar-refractivity contribution in [1.82, 2.24) is 19.5 Å². The molecule has 19 heteroatoms. The van der Waals surface area contributed by atoms with Crippen molar-refractivity contribution in [1.29, 1.82) is 0 Å². The fourth-order valence-electron chi connectivity index (χ4n) is 6.68. The number of hydrogen-bond acceptors (Lipinski definition) is 18. The first-order valence-corrected chi connectivity index (χ1v) is 17.0. The number of anilines is 1. The number of aliphatic hydroxyl groups is 5. The molecule has 0 bridgehead atoms. The molecule has 1 aliphatic carbocycles. The minimum atomic E-state index is -1.33. The molecule has 5 rings (SSSR count).